The summed E-state index contributed by atoms with van der Waals surface area (Å²) in [4.78, 5) is 24.8. The first-order chi connectivity index (χ1) is 9.21. The van der Waals surface area contributed by atoms with E-state index in [4.69, 9.17) is 4.74 Å². The van der Waals surface area contributed by atoms with E-state index in [1.54, 1.807) is 32.7 Å². The molecule has 0 aromatic rings. The van der Waals surface area contributed by atoms with Crippen molar-refractivity contribution in [2.45, 2.75) is 51.7 Å². The first-order valence-electron chi connectivity index (χ1n) is 7.05. The van der Waals surface area contributed by atoms with Crippen molar-refractivity contribution in [3.05, 3.63) is 0 Å². The fourth-order valence-corrected chi connectivity index (χ4v) is 2.35. The minimum absolute atomic E-state index is 0.132. The van der Waals surface area contributed by atoms with Gasteiger partial charge in [-0.25, -0.2) is 4.79 Å². The van der Waals surface area contributed by atoms with Gasteiger partial charge >= 0.3 is 6.09 Å². The molecule has 0 aromatic heterocycles. The van der Waals surface area contributed by atoms with E-state index in [1.165, 1.54) is 0 Å². The van der Waals surface area contributed by atoms with Crippen LogP contribution in [0.15, 0.2) is 0 Å². The highest BCUT2D eigenvalue weighted by Gasteiger charge is 2.26. The Hall–Kier alpha value is -1.30. The molecule has 0 radical (unpaired) electrons. The molecular weight excluding hydrogens is 260 g/mol. The number of aliphatic hydroxyl groups excluding tert-OH is 1. The van der Waals surface area contributed by atoms with Crippen LogP contribution in [0, 0.1) is 5.92 Å². The topological polar surface area (TPSA) is 78.9 Å². The average Bonchev–Trinajstić information content (AvgIpc) is 2.30. The quantitative estimate of drug-likeness (QED) is 0.812. The molecule has 1 heterocycles. The summed E-state index contributed by atoms with van der Waals surface area (Å²) < 4.78 is 5.17. The third kappa shape index (κ3) is 5.77. The van der Waals surface area contributed by atoms with E-state index < -0.39 is 11.7 Å². The molecule has 0 aromatic carbocycles. The summed E-state index contributed by atoms with van der Waals surface area (Å²) >= 11 is 0. The normalized spacial score (nSPS) is 21.6. The molecule has 2 atom stereocenters. The monoisotopic (exact) mass is 286 g/mol. The number of likely N-dealkylation sites (tertiary alicyclic amines) is 1. The van der Waals surface area contributed by atoms with Crippen molar-refractivity contribution in [1.29, 1.82) is 0 Å². The van der Waals surface area contributed by atoms with Gasteiger partial charge in [-0.05, 0) is 39.5 Å². The van der Waals surface area contributed by atoms with Crippen LogP contribution in [0.25, 0.3) is 0 Å². The van der Waals surface area contributed by atoms with Crippen molar-refractivity contribution in [2.75, 3.05) is 20.2 Å². The number of nitrogens with one attached hydrogen (secondary N) is 1. The molecule has 1 aliphatic rings. The highest BCUT2D eigenvalue weighted by Crippen LogP contribution is 2.21. The van der Waals surface area contributed by atoms with E-state index in [2.05, 4.69) is 5.32 Å². The number of hydrogen-bond donors (Lipinski definition) is 2. The zero-order valence-corrected chi connectivity index (χ0v) is 12.8. The number of hydrogen-bond acceptors (Lipinski definition) is 4. The highest BCUT2D eigenvalue weighted by atomic mass is 16.6. The minimum atomic E-state index is -0.554. The van der Waals surface area contributed by atoms with E-state index in [1.807, 2.05) is 0 Å². The van der Waals surface area contributed by atoms with Gasteiger partial charge in [0.25, 0.3) is 0 Å². The molecule has 0 unspecified atom stereocenters. The number of aliphatic hydroxyl groups is 1. The highest BCUT2D eigenvalue weighted by molar-refractivity contribution is 5.76. The summed E-state index contributed by atoms with van der Waals surface area (Å²) in [6.45, 7) is 5.92. The van der Waals surface area contributed by atoms with Crippen molar-refractivity contribution in [2.24, 2.45) is 5.92 Å². The Morgan fingerprint density at radius 3 is 2.70 bits per heavy atom. The van der Waals surface area contributed by atoms with Crippen molar-refractivity contribution in [3.8, 4) is 0 Å². The lowest BCUT2D eigenvalue weighted by molar-refractivity contribution is -0.133. The average molecular weight is 286 g/mol. The second-order valence-corrected chi connectivity index (χ2v) is 6.44. The lowest BCUT2D eigenvalue weighted by Crippen LogP contribution is -2.44. The Bertz CT molecular complexity index is 352. The molecule has 20 heavy (non-hydrogen) atoms. The van der Waals surface area contributed by atoms with Gasteiger partial charge in [0.15, 0.2) is 0 Å². The molecule has 1 rings (SSSR count). The van der Waals surface area contributed by atoms with Crippen LogP contribution in [0.1, 0.15) is 40.0 Å². The Labute approximate surface area is 120 Å². The van der Waals surface area contributed by atoms with Crippen LogP contribution in [0.5, 0.6) is 0 Å². The van der Waals surface area contributed by atoms with E-state index in [-0.39, 0.29) is 18.6 Å². The summed E-state index contributed by atoms with van der Waals surface area (Å²) in [6.07, 6.45) is 1.46. The minimum Gasteiger partial charge on any atom is -0.444 e. The fourth-order valence-electron chi connectivity index (χ4n) is 2.35. The molecule has 2 amide bonds. The Morgan fingerprint density at radius 2 is 2.20 bits per heavy atom. The van der Waals surface area contributed by atoms with E-state index in [0.717, 1.165) is 6.42 Å². The first-order valence-corrected chi connectivity index (χ1v) is 7.05. The Morgan fingerprint density at radius 1 is 1.55 bits per heavy atom. The van der Waals surface area contributed by atoms with Gasteiger partial charge in [0.1, 0.15) is 5.60 Å². The smallest absolute Gasteiger partial charge is 0.407 e. The van der Waals surface area contributed by atoms with Crippen molar-refractivity contribution in [3.63, 3.8) is 0 Å². The Kier molecular flexibility index (Phi) is 5.80. The molecule has 2 N–H and O–H groups in total. The predicted molar refractivity (Wildman–Crippen MR) is 75.2 cm³/mol. The molecule has 1 fully saturated rings. The number of rotatable bonds is 4. The van der Waals surface area contributed by atoms with Crippen molar-refractivity contribution < 1.29 is 19.4 Å². The summed E-state index contributed by atoms with van der Waals surface area (Å²) in [5.41, 5.74) is -0.554. The summed E-state index contributed by atoms with van der Waals surface area (Å²) in [5, 5.41) is 12.1. The number of amides is 2. The maximum atomic E-state index is 11.7. The third-order valence-corrected chi connectivity index (χ3v) is 3.28. The predicted octanol–water partition coefficient (Wildman–Crippen LogP) is 1.13. The SMILES string of the molecule is CN1C[C@@H](C[C@@H](CO)NC(=O)OC(C)(C)C)CCC1=O. The summed E-state index contributed by atoms with van der Waals surface area (Å²) in [5.74, 6) is 0.451. The van der Waals surface area contributed by atoms with Gasteiger partial charge in [-0.3, -0.25) is 4.79 Å². The van der Waals surface area contributed by atoms with Gasteiger partial charge in [-0.15, -0.1) is 0 Å². The molecule has 6 heteroatoms. The lowest BCUT2D eigenvalue weighted by Gasteiger charge is -2.32. The fraction of sp³-hybridized carbons (Fsp3) is 0.857. The zero-order chi connectivity index (χ0) is 15.3. The summed E-state index contributed by atoms with van der Waals surface area (Å²) in [7, 11) is 1.78. The van der Waals surface area contributed by atoms with Gasteiger partial charge in [0, 0.05) is 20.0 Å². The van der Waals surface area contributed by atoms with Crippen LogP contribution in [0.3, 0.4) is 0 Å². The maximum Gasteiger partial charge on any atom is 0.407 e. The number of piperidine rings is 1. The molecule has 0 saturated carbocycles. The lowest BCUT2D eigenvalue weighted by atomic mass is 9.91. The third-order valence-electron chi connectivity index (χ3n) is 3.28. The number of carbonyl (C=O) groups is 2. The molecule has 116 valence electrons. The standard InChI is InChI=1S/C14H26N2O4/c1-14(2,3)20-13(19)15-11(9-17)7-10-5-6-12(18)16(4)8-10/h10-11,17H,5-9H2,1-4H3,(H,15,19)/t10-,11+/m1/s1. The second-order valence-electron chi connectivity index (χ2n) is 6.44. The van der Waals surface area contributed by atoms with Crippen LogP contribution >= 0.6 is 0 Å². The van der Waals surface area contributed by atoms with Crippen molar-refractivity contribution in [1.82, 2.24) is 10.2 Å². The van der Waals surface area contributed by atoms with Crippen molar-refractivity contribution >= 4 is 12.0 Å². The van der Waals surface area contributed by atoms with Crippen LogP contribution in [0.2, 0.25) is 0 Å². The van der Waals surface area contributed by atoms with Gasteiger partial charge in [-0.2, -0.15) is 0 Å². The maximum absolute atomic E-state index is 11.7. The Balaban J connectivity index is 2.43. The molecule has 0 bridgehead atoms. The largest absolute Gasteiger partial charge is 0.444 e. The molecule has 0 spiro atoms. The van der Waals surface area contributed by atoms with Crippen LogP contribution in [-0.4, -0.2) is 53.8 Å². The second kappa shape index (κ2) is 6.92. The molecule has 6 nitrogen and oxygen atoms in total. The number of carbonyl (C=O) groups excluding carboxylic acids is 2. The van der Waals surface area contributed by atoms with Crippen LogP contribution in [0.4, 0.5) is 4.79 Å². The zero-order valence-electron chi connectivity index (χ0n) is 12.8. The molecule has 0 aliphatic carbocycles. The van der Waals surface area contributed by atoms with E-state index in [9.17, 15) is 14.7 Å². The van der Waals surface area contributed by atoms with Gasteiger partial charge < -0.3 is 20.1 Å². The summed E-state index contributed by atoms with van der Waals surface area (Å²) in [6, 6.07) is -0.337. The van der Waals surface area contributed by atoms with Crippen LogP contribution < -0.4 is 5.32 Å². The van der Waals surface area contributed by atoms with Gasteiger partial charge in [0.2, 0.25) is 5.91 Å². The molecule has 1 aliphatic heterocycles. The molecular formula is C14H26N2O4. The number of ether oxygens (including phenoxy) is 1. The number of nitrogens with zero attached hydrogens (tertiary/aromatic N) is 1. The number of alkyl carbamates (subject to hydrolysis) is 1. The van der Waals surface area contributed by atoms with Crippen LogP contribution in [-0.2, 0) is 9.53 Å². The first kappa shape index (κ1) is 16.8. The van der Waals surface area contributed by atoms with E-state index >= 15 is 0 Å². The van der Waals surface area contributed by atoms with Gasteiger partial charge in [-0.1, -0.05) is 0 Å². The van der Waals surface area contributed by atoms with Gasteiger partial charge in [0.05, 0.1) is 12.6 Å². The van der Waals surface area contributed by atoms with E-state index in [0.29, 0.717) is 25.3 Å². The molecule has 1 saturated heterocycles.